The third-order valence-electron chi connectivity index (χ3n) is 4.07. The summed E-state index contributed by atoms with van der Waals surface area (Å²) in [5.41, 5.74) is 1.38. The van der Waals surface area contributed by atoms with Crippen LogP contribution in [0.1, 0.15) is 16.9 Å². The first kappa shape index (κ1) is 20.5. The molecule has 0 aliphatic heterocycles. The van der Waals surface area contributed by atoms with E-state index in [9.17, 15) is 9.36 Å². The summed E-state index contributed by atoms with van der Waals surface area (Å²) >= 11 is 12.6. The lowest BCUT2D eigenvalue weighted by Crippen LogP contribution is -2.30. The Balaban J connectivity index is 1.84. The van der Waals surface area contributed by atoms with Crippen molar-refractivity contribution in [2.45, 2.75) is 12.4 Å². The maximum atomic E-state index is 13.5. The fourth-order valence-electron chi connectivity index (χ4n) is 2.69. The quantitative estimate of drug-likeness (QED) is 0.477. The summed E-state index contributed by atoms with van der Waals surface area (Å²) in [6.07, 6.45) is -0.717. The van der Waals surface area contributed by atoms with Crippen molar-refractivity contribution in [3.8, 4) is 0 Å². The van der Waals surface area contributed by atoms with Crippen molar-refractivity contribution >= 4 is 40.7 Å². The number of benzene rings is 3. The molecule has 0 heterocycles. The maximum Gasteiger partial charge on any atom is 0.408 e. The van der Waals surface area contributed by atoms with Gasteiger partial charge in [0.15, 0.2) is 0 Å². The van der Waals surface area contributed by atoms with Crippen LogP contribution < -0.4 is 10.6 Å². The summed E-state index contributed by atoms with van der Waals surface area (Å²) in [4.78, 5) is 12.4. The summed E-state index contributed by atoms with van der Waals surface area (Å²) in [5, 5.41) is 3.54. The van der Waals surface area contributed by atoms with Crippen molar-refractivity contribution in [2.75, 3.05) is 0 Å². The van der Waals surface area contributed by atoms with Crippen LogP contribution in [-0.2, 0) is 15.9 Å². The van der Waals surface area contributed by atoms with Crippen LogP contribution >= 0.6 is 29.3 Å². The molecule has 3 rings (SSSR count). The van der Waals surface area contributed by atoms with Gasteiger partial charge in [0.05, 0.1) is 0 Å². The van der Waals surface area contributed by atoms with Crippen LogP contribution in [0.25, 0.3) is 0 Å². The van der Waals surface area contributed by atoms with Crippen LogP contribution in [0.4, 0.5) is 4.79 Å². The van der Waals surface area contributed by atoms with Gasteiger partial charge in [-0.25, -0.2) is 4.79 Å². The summed E-state index contributed by atoms with van der Waals surface area (Å²) in [5.74, 6) is -0.987. The van der Waals surface area contributed by atoms with Gasteiger partial charge < -0.3 is 10.1 Å². The van der Waals surface area contributed by atoms with Gasteiger partial charge in [-0.15, -0.1) is 0 Å². The van der Waals surface area contributed by atoms with Gasteiger partial charge in [-0.3, -0.25) is 4.57 Å². The van der Waals surface area contributed by atoms with Gasteiger partial charge in [0.2, 0.25) is 6.49 Å². The molecule has 0 bridgehead atoms. The monoisotopic (exact) mass is 433 g/mol. The first-order valence-electron chi connectivity index (χ1n) is 8.54. The smallest absolute Gasteiger partial charge is 0.408 e. The molecule has 1 N–H and O–H groups in total. The number of alkyl carbamates (subject to hydrolysis) is 1. The molecule has 0 fully saturated rings. The predicted molar refractivity (Wildman–Crippen MR) is 113 cm³/mol. The number of halogens is 2. The SMILES string of the molecule is O=C(NC(c1cccc(Cl)c1)P(=O)(Cl)c1ccccc1)OCc1ccccc1. The lowest BCUT2D eigenvalue weighted by atomic mass is 10.2. The number of carbonyl (C=O) groups excluding carboxylic acids is 1. The van der Waals surface area contributed by atoms with Gasteiger partial charge in [0.25, 0.3) is 0 Å². The van der Waals surface area contributed by atoms with Gasteiger partial charge in [-0.2, -0.15) is 0 Å². The Kier molecular flexibility index (Phi) is 6.79. The average Bonchev–Trinajstić information content (AvgIpc) is 2.72. The molecule has 7 heteroatoms. The van der Waals surface area contributed by atoms with E-state index < -0.39 is 18.4 Å². The number of nitrogens with one attached hydrogen (secondary N) is 1. The van der Waals surface area contributed by atoms with E-state index in [2.05, 4.69) is 5.32 Å². The van der Waals surface area contributed by atoms with Crippen molar-refractivity contribution in [1.82, 2.24) is 5.32 Å². The van der Waals surface area contributed by atoms with Crippen LogP contribution in [-0.4, -0.2) is 6.09 Å². The molecule has 3 aromatic carbocycles. The molecule has 0 aliphatic carbocycles. The lowest BCUT2D eigenvalue weighted by molar-refractivity contribution is 0.138. The Morgan fingerprint density at radius 1 is 0.964 bits per heavy atom. The van der Waals surface area contributed by atoms with Crippen molar-refractivity contribution in [3.63, 3.8) is 0 Å². The highest BCUT2D eigenvalue weighted by Crippen LogP contribution is 2.61. The van der Waals surface area contributed by atoms with Crippen molar-refractivity contribution in [3.05, 3.63) is 101 Å². The summed E-state index contributed by atoms with van der Waals surface area (Å²) in [6, 6.07) is 24.6. The molecule has 0 radical (unpaired) electrons. The summed E-state index contributed by atoms with van der Waals surface area (Å²) < 4.78 is 18.8. The number of amides is 1. The topological polar surface area (TPSA) is 55.4 Å². The van der Waals surface area contributed by atoms with Gasteiger partial charge in [-0.05, 0) is 34.5 Å². The number of ether oxygens (including phenoxy) is 1. The van der Waals surface area contributed by atoms with Crippen LogP contribution in [0.5, 0.6) is 0 Å². The van der Waals surface area contributed by atoms with E-state index in [1.807, 2.05) is 30.3 Å². The maximum absolute atomic E-state index is 13.5. The Bertz CT molecular complexity index is 983. The number of hydrogen-bond acceptors (Lipinski definition) is 3. The number of hydrogen-bond donors (Lipinski definition) is 1. The summed E-state index contributed by atoms with van der Waals surface area (Å²) in [6.45, 7) is -3.45. The summed E-state index contributed by atoms with van der Waals surface area (Å²) in [7, 11) is 0. The predicted octanol–water partition coefficient (Wildman–Crippen LogP) is 6.11. The van der Waals surface area contributed by atoms with Crippen LogP contribution in [0.2, 0.25) is 5.02 Å². The minimum Gasteiger partial charge on any atom is -0.445 e. The first-order valence-corrected chi connectivity index (χ1v) is 11.6. The molecule has 0 saturated heterocycles. The highest BCUT2D eigenvalue weighted by atomic mass is 35.7. The van der Waals surface area contributed by atoms with E-state index in [0.29, 0.717) is 15.9 Å². The highest BCUT2D eigenvalue weighted by Gasteiger charge is 2.36. The van der Waals surface area contributed by atoms with Gasteiger partial charge in [0.1, 0.15) is 12.4 Å². The molecule has 2 unspecified atom stereocenters. The average molecular weight is 434 g/mol. The second-order valence-electron chi connectivity index (χ2n) is 6.08. The van der Waals surface area contributed by atoms with Crippen molar-refractivity contribution in [1.29, 1.82) is 0 Å². The molecule has 4 nitrogen and oxygen atoms in total. The fraction of sp³-hybridized carbons (Fsp3) is 0.0952. The molecular weight excluding hydrogens is 416 g/mol. The standard InChI is InChI=1S/C21H18Cl2NO3P/c22-18-11-7-10-17(14-18)20(28(23,26)19-12-5-2-6-13-19)24-21(25)27-15-16-8-3-1-4-9-16/h1-14,20H,15H2,(H,24,25). The molecule has 3 aromatic rings. The lowest BCUT2D eigenvalue weighted by Gasteiger charge is -2.24. The zero-order valence-electron chi connectivity index (χ0n) is 14.8. The Morgan fingerprint density at radius 2 is 1.61 bits per heavy atom. The number of rotatable bonds is 6. The van der Waals surface area contributed by atoms with E-state index in [1.165, 1.54) is 0 Å². The third-order valence-corrected chi connectivity index (χ3v) is 7.57. The van der Waals surface area contributed by atoms with E-state index in [-0.39, 0.29) is 6.61 Å². The first-order chi connectivity index (χ1) is 13.5. The Hall–Kier alpha value is -2.26. The molecule has 0 spiro atoms. The van der Waals surface area contributed by atoms with Crippen LogP contribution in [0.3, 0.4) is 0 Å². The van der Waals surface area contributed by atoms with E-state index in [0.717, 1.165) is 5.56 Å². The van der Waals surface area contributed by atoms with Gasteiger partial charge in [0, 0.05) is 10.3 Å². The largest absolute Gasteiger partial charge is 0.445 e. The molecule has 1 amide bonds. The van der Waals surface area contributed by atoms with E-state index in [4.69, 9.17) is 27.6 Å². The Morgan fingerprint density at radius 3 is 2.25 bits per heavy atom. The van der Waals surface area contributed by atoms with E-state index >= 15 is 0 Å². The molecule has 0 saturated carbocycles. The second-order valence-corrected chi connectivity index (χ2v) is 10.2. The molecule has 28 heavy (non-hydrogen) atoms. The Labute approximate surface area is 173 Å². The highest BCUT2D eigenvalue weighted by molar-refractivity contribution is 7.95. The molecule has 144 valence electrons. The third kappa shape index (κ3) is 5.17. The fourth-order valence-corrected chi connectivity index (χ4v) is 5.41. The zero-order chi connectivity index (χ0) is 20.0. The molecular formula is C21H18Cl2NO3P. The van der Waals surface area contributed by atoms with Crippen molar-refractivity contribution < 1.29 is 14.1 Å². The zero-order valence-corrected chi connectivity index (χ0v) is 17.2. The molecule has 0 aromatic heterocycles. The van der Waals surface area contributed by atoms with Gasteiger partial charge >= 0.3 is 6.09 Å². The van der Waals surface area contributed by atoms with Crippen molar-refractivity contribution in [2.24, 2.45) is 0 Å². The van der Waals surface area contributed by atoms with E-state index in [1.54, 1.807) is 54.6 Å². The molecule has 0 aliphatic rings. The number of carbonyl (C=O) groups is 1. The normalized spacial score (nSPS) is 13.9. The second kappa shape index (κ2) is 9.29. The minimum atomic E-state index is -3.54. The van der Waals surface area contributed by atoms with Crippen LogP contribution in [0, 0.1) is 0 Å². The van der Waals surface area contributed by atoms with Gasteiger partial charge in [-0.1, -0.05) is 84.4 Å². The minimum absolute atomic E-state index is 0.0901. The molecule has 2 atom stereocenters. The van der Waals surface area contributed by atoms with Crippen LogP contribution in [0.15, 0.2) is 84.9 Å².